The minimum absolute atomic E-state index is 0.0292. The van der Waals surface area contributed by atoms with Crippen LogP contribution < -0.4 is 16.2 Å². The van der Waals surface area contributed by atoms with Gasteiger partial charge in [0, 0.05) is 11.1 Å². The second-order valence-corrected chi connectivity index (χ2v) is 8.49. The summed E-state index contributed by atoms with van der Waals surface area (Å²) in [5, 5.41) is 0. The van der Waals surface area contributed by atoms with Crippen LogP contribution in [0.4, 0.5) is 0 Å². The van der Waals surface area contributed by atoms with Crippen molar-refractivity contribution < 1.29 is 4.74 Å². The van der Waals surface area contributed by atoms with Crippen molar-refractivity contribution >= 4 is 0 Å². The number of ether oxygens (including phenoxy) is 1. The van der Waals surface area contributed by atoms with E-state index in [0.717, 1.165) is 12.2 Å². The van der Waals surface area contributed by atoms with Crippen molar-refractivity contribution in [3.05, 3.63) is 28.8 Å². The molecule has 0 fully saturated rings. The number of benzene rings is 1. The molecule has 0 saturated heterocycles. The van der Waals surface area contributed by atoms with Gasteiger partial charge in [0.25, 0.3) is 0 Å². The Bertz CT molecular complexity index is 470. The van der Waals surface area contributed by atoms with Gasteiger partial charge in [-0.1, -0.05) is 53.7 Å². The summed E-state index contributed by atoms with van der Waals surface area (Å²) >= 11 is 0. The Morgan fingerprint density at radius 3 is 1.65 bits per heavy atom. The standard InChI is InChI=1S/C20H36N2O/c1-8-23-18-16(19(2,3)4)10-14(9-15(12-21)13-22)11-17(18)20(5,6)7/h10-11,15H,8-9,12-13,21-22H2,1-7H3. The Labute approximate surface area is 142 Å². The van der Waals surface area contributed by atoms with Gasteiger partial charge in [0.05, 0.1) is 6.61 Å². The van der Waals surface area contributed by atoms with Crippen LogP contribution in [-0.2, 0) is 17.3 Å². The van der Waals surface area contributed by atoms with Crippen LogP contribution in [0.2, 0.25) is 0 Å². The zero-order valence-corrected chi connectivity index (χ0v) is 16.1. The van der Waals surface area contributed by atoms with Crippen LogP contribution in [0.3, 0.4) is 0 Å². The van der Waals surface area contributed by atoms with Crippen LogP contribution in [0.15, 0.2) is 12.1 Å². The molecule has 3 heteroatoms. The van der Waals surface area contributed by atoms with Crippen LogP contribution in [0, 0.1) is 5.92 Å². The van der Waals surface area contributed by atoms with E-state index < -0.39 is 0 Å². The Kier molecular flexibility index (Phi) is 6.67. The van der Waals surface area contributed by atoms with Gasteiger partial charge < -0.3 is 16.2 Å². The van der Waals surface area contributed by atoms with E-state index >= 15 is 0 Å². The lowest BCUT2D eigenvalue weighted by molar-refractivity contribution is 0.319. The molecule has 0 heterocycles. The quantitative estimate of drug-likeness (QED) is 0.839. The topological polar surface area (TPSA) is 61.3 Å². The number of rotatable bonds is 6. The zero-order chi connectivity index (χ0) is 17.8. The molecule has 23 heavy (non-hydrogen) atoms. The molecule has 0 saturated carbocycles. The molecule has 0 aliphatic carbocycles. The van der Waals surface area contributed by atoms with E-state index in [1.54, 1.807) is 0 Å². The molecule has 0 aliphatic rings. The zero-order valence-electron chi connectivity index (χ0n) is 16.1. The van der Waals surface area contributed by atoms with E-state index in [0.29, 0.717) is 25.6 Å². The molecule has 0 bridgehead atoms. The van der Waals surface area contributed by atoms with Gasteiger partial charge in [-0.3, -0.25) is 0 Å². The minimum Gasteiger partial charge on any atom is -0.493 e. The maximum absolute atomic E-state index is 6.08. The molecule has 1 rings (SSSR count). The molecule has 1 aromatic rings. The van der Waals surface area contributed by atoms with E-state index in [1.807, 2.05) is 6.92 Å². The summed E-state index contributed by atoms with van der Waals surface area (Å²) in [4.78, 5) is 0. The molecule has 132 valence electrons. The van der Waals surface area contributed by atoms with E-state index in [1.165, 1.54) is 16.7 Å². The first-order chi connectivity index (χ1) is 10.5. The van der Waals surface area contributed by atoms with E-state index in [9.17, 15) is 0 Å². The Hall–Kier alpha value is -1.06. The molecule has 0 aromatic heterocycles. The predicted octanol–water partition coefficient (Wildman–Crippen LogP) is 3.76. The van der Waals surface area contributed by atoms with E-state index in [4.69, 9.17) is 16.2 Å². The summed E-state index contributed by atoms with van der Waals surface area (Å²) in [7, 11) is 0. The maximum atomic E-state index is 6.08. The third-order valence-electron chi connectivity index (χ3n) is 4.24. The largest absolute Gasteiger partial charge is 0.493 e. The molecule has 3 nitrogen and oxygen atoms in total. The highest BCUT2D eigenvalue weighted by Gasteiger charge is 2.28. The van der Waals surface area contributed by atoms with Gasteiger partial charge in [0.1, 0.15) is 5.75 Å². The van der Waals surface area contributed by atoms with Crippen LogP contribution >= 0.6 is 0 Å². The van der Waals surface area contributed by atoms with Gasteiger partial charge >= 0.3 is 0 Å². The van der Waals surface area contributed by atoms with Crippen molar-refractivity contribution in [2.45, 2.75) is 65.7 Å². The molecule has 0 aliphatic heterocycles. The van der Waals surface area contributed by atoms with Gasteiger partial charge in [-0.15, -0.1) is 0 Å². The summed E-state index contributed by atoms with van der Waals surface area (Å²) in [5.74, 6) is 1.38. The lowest BCUT2D eigenvalue weighted by atomic mass is 9.77. The average Bonchev–Trinajstić information content (AvgIpc) is 2.43. The SMILES string of the molecule is CCOc1c(C(C)(C)C)cc(CC(CN)CN)cc1C(C)(C)C. The molecule has 0 spiro atoms. The first-order valence-corrected chi connectivity index (χ1v) is 8.75. The van der Waals surface area contributed by atoms with Gasteiger partial charge in [0.2, 0.25) is 0 Å². The fraction of sp³-hybridized carbons (Fsp3) is 0.700. The summed E-state index contributed by atoms with van der Waals surface area (Å²) in [6, 6.07) is 4.58. The van der Waals surface area contributed by atoms with Crippen molar-refractivity contribution in [3.63, 3.8) is 0 Å². The molecular formula is C20H36N2O. The predicted molar refractivity (Wildman–Crippen MR) is 100 cm³/mol. The number of hydrogen-bond donors (Lipinski definition) is 2. The van der Waals surface area contributed by atoms with Crippen LogP contribution in [0.1, 0.15) is 65.2 Å². The fourth-order valence-electron chi connectivity index (χ4n) is 2.82. The monoisotopic (exact) mass is 320 g/mol. The molecule has 0 radical (unpaired) electrons. The number of nitrogens with two attached hydrogens (primary N) is 2. The highest BCUT2D eigenvalue weighted by Crippen LogP contribution is 2.41. The maximum Gasteiger partial charge on any atom is 0.126 e. The normalized spacial score (nSPS) is 12.8. The van der Waals surface area contributed by atoms with Crippen molar-refractivity contribution in [3.8, 4) is 5.75 Å². The van der Waals surface area contributed by atoms with Crippen molar-refractivity contribution in [1.29, 1.82) is 0 Å². The molecular weight excluding hydrogens is 284 g/mol. The highest BCUT2D eigenvalue weighted by atomic mass is 16.5. The van der Waals surface area contributed by atoms with E-state index in [-0.39, 0.29) is 10.8 Å². The van der Waals surface area contributed by atoms with Gasteiger partial charge in [-0.05, 0) is 48.7 Å². The average molecular weight is 321 g/mol. The van der Waals surface area contributed by atoms with Gasteiger partial charge in [-0.2, -0.15) is 0 Å². The molecule has 0 amide bonds. The Morgan fingerprint density at radius 1 is 0.913 bits per heavy atom. The fourth-order valence-corrected chi connectivity index (χ4v) is 2.82. The van der Waals surface area contributed by atoms with Crippen molar-refractivity contribution in [2.24, 2.45) is 17.4 Å². The second kappa shape index (κ2) is 7.67. The highest BCUT2D eigenvalue weighted by molar-refractivity contribution is 5.51. The van der Waals surface area contributed by atoms with E-state index in [2.05, 4.69) is 53.7 Å². The smallest absolute Gasteiger partial charge is 0.126 e. The first-order valence-electron chi connectivity index (χ1n) is 8.75. The molecule has 4 N–H and O–H groups in total. The molecule has 0 atom stereocenters. The Morgan fingerprint density at radius 2 is 1.35 bits per heavy atom. The summed E-state index contributed by atoms with van der Waals surface area (Å²) in [6.45, 7) is 17.4. The third-order valence-corrected chi connectivity index (χ3v) is 4.24. The van der Waals surface area contributed by atoms with Crippen LogP contribution in [-0.4, -0.2) is 19.7 Å². The lowest BCUT2D eigenvalue weighted by Gasteiger charge is -2.31. The van der Waals surface area contributed by atoms with Crippen LogP contribution in [0.25, 0.3) is 0 Å². The van der Waals surface area contributed by atoms with Crippen molar-refractivity contribution in [1.82, 2.24) is 0 Å². The summed E-state index contributed by atoms with van der Waals surface area (Å²) < 4.78 is 6.08. The minimum atomic E-state index is 0.0292. The summed E-state index contributed by atoms with van der Waals surface area (Å²) in [6.07, 6.45) is 0.922. The molecule has 0 unspecified atom stereocenters. The second-order valence-electron chi connectivity index (χ2n) is 8.49. The lowest BCUT2D eigenvalue weighted by Crippen LogP contribution is -2.26. The van der Waals surface area contributed by atoms with Crippen molar-refractivity contribution in [2.75, 3.05) is 19.7 Å². The first kappa shape index (κ1) is 20.0. The van der Waals surface area contributed by atoms with Crippen LogP contribution in [0.5, 0.6) is 5.75 Å². The summed E-state index contributed by atoms with van der Waals surface area (Å²) in [5.41, 5.74) is 15.6. The number of hydrogen-bond acceptors (Lipinski definition) is 3. The molecule has 1 aromatic carbocycles. The van der Waals surface area contributed by atoms with Gasteiger partial charge in [-0.25, -0.2) is 0 Å². The van der Waals surface area contributed by atoms with Gasteiger partial charge in [0.15, 0.2) is 0 Å². The Balaban J connectivity index is 3.52. The third kappa shape index (κ3) is 5.22.